The van der Waals surface area contributed by atoms with Gasteiger partial charge in [-0.2, -0.15) is 5.10 Å². The van der Waals surface area contributed by atoms with Crippen LogP contribution in [0.5, 0.6) is 0 Å². The Morgan fingerprint density at radius 1 is 1.21 bits per heavy atom. The van der Waals surface area contributed by atoms with Crippen molar-refractivity contribution in [1.29, 1.82) is 0 Å². The lowest BCUT2D eigenvalue weighted by Gasteiger charge is -2.30. The Morgan fingerprint density at radius 3 is 2.46 bits per heavy atom. The number of benzene rings is 1. The highest BCUT2D eigenvalue weighted by molar-refractivity contribution is 6.06. The molecule has 0 saturated carbocycles. The van der Waals surface area contributed by atoms with E-state index < -0.39 is 11.5 Å². The van der Waals surface area contributed by atoms with Gasteiger partial charge in [-0.15, -0.1) is 0 Å². The molecule has 1 aromatic carbocycles. The number of amides is 2. The quantitative estimate of drug-likeness (QED) is 0.883. The second kappa shape index (κ2) is 7.03. The van der Waals surface area contributed by atoms with Gasteiger partial charge in [0.25, 0.3) is 5.91 Å². The zero-order chi connectivity index (χ0) is 17.9. The fourth-order valence-corrected chi connectivity index (χ4v) is 2.69. The van der Waals surface area contributed by atoms with Crippen LogP contribution in [-0.4, -0.2) is 34.2 Å². The van der Waals surface area contributed by atoms with Crippen molar-refractivity contribution in [2.45, 2.75) is 47.2 Å². The predicted octanol–water partition coefficient (Wildman–Crippen LogP) is 2.34. The van der Waals surface area contributed by atoms with Crippen LogP contribution in [0.3, 0.4) is 0 Å². The molecule has 130 valence electrons. The number of carbonyl (C=O) groups is 2. The summed E-state index contributed by atoms with van der Waals surface area (Å²) in [5.74, 6) is -0.512. The number of fused-ring (bicyclic) bond motifs is 1. The second-order valence-corrected chi connectivity index (χ2v) is 6.85. The van der Waals surface area contributed by atoms with Crippen LogP contribution in [-0.2, 0) is 11.3 Å². The van der Waals surface area contributed by atoms with Gasteiger partial charge in [-0.05, 0) is 25.3 Å². The zero-order valence-corrected chi connectivity index (χ0v) is 15.0. The molecule has 0 aliphatic rings. The van der Waals surface area contributed by atoms with Crippen molar-refractivity contribution in [1.82, 2.24) is 20.4 Å². The molecule has 2 aromatic rings. The van der Waals surface area contributed by atoms with Crippen LogP contribution in [0.1, 0.15) is 45.1 Å². The van der Waals surface area contributed by atoms with E-state index in [0.717, 1.165) is 10.9 Å². The smallest absolute Gasteiger partial charge is 0.273 e. The van der Waals surface area contributed by atoms with E-state index >= 15 is 0 Å². The van der Waals surface area contributed by atoms with E-state index in [1.165, 1.54) is 0 Å². The molecule has 0 aliphatic carbocycles. The summed E-state index contributed by atoms with van der Waals surface area (Å²) in [4.78, 5) is 25.1. The first kappa shape index (κ1) is 18.0. The summed E-state index contributed by atoms with van der Waals surface area (Å²) in [6, 6.07) is 6.99. The highest BCUT2D eigenvalue weighted by atomic mass is 16.2. The molecule has 0 bridgehead atoms. The molecule has 0 aliphatic heterocycles. The van der Waals surface area contributed by atoms with Crippen LogP contribution < -0.4 is 10.6 Å². The number of nitrogens with one attached hydrogen (secondary N) is 2. The summed E-state index contributed by atoms with van der Waals surface area (Å²) in [5.41, 5.74) is 0.861. The maximum absolute atomic E-state index is 12.8. The summed E-state index contributed by atoms with van der Waals surface area (Å²) >= 11 is 0. The van der Waals surface area contributed by atoms with Crippen molar-refractivity contribution in [2.75, 3.05) is 6.54 Å². The third kappa shape index (κ3) is 3.58. The van der Waals surface area contributed by atoms with Crippen LogP contribution in [0.2, 0.25) is 0 Å². The normalized spacial score (nSPS) is 12.9. The van der Waals surface area contributed by atoms with Gasteiger partial charge in [0.15, 0.2) is 5.69 Å². The van der Waals surface area contributed by atoms with Crippen LogP contribution in [0.15, 0.2) is 24.3 Å². The number of aryl methyl sites for hydroxylation is 1. The molecule has 0 fully saturated rings. The van der Waals surface area contributed by atoms with E-state index in [1.807, 2.05) is 58.9 Å². The van der Waals surface area contributed by atoms with E-state index in [1.54, 1.807) is 4.68 Å². The molecule has 6 nitrogen and oxygen atoms in total. The van der Waals surface area contributed by atoms with Crippen molar-refractivity contribution in [3.05, 3.63) is 30.0 Å². The lowest BCUT2D eigenvalue weighted by molar-refractivity contribution is -0.125. The SMILES string of the molecule is CCNC(=O)C(NC(=O)c1nn(CC)c2ccccc12)C(C)(C)C. The van der Waals surface area contributed by atoms with Crippen LogP contribution in [0.25, 0.3) is 10.9 Å². The number of likely N-dealkylation sites (N-methyl/N-ethyl adjacent to an activating group) is 1. The maximum atomic E-state index is 12.8. The van der Waals surface area contributed by atoms with Crippen molar-refractivity contribution in [3.63, 3.8) is 0 Å². The van der Waals surface area contributed by atoms with Crippen molar-refractivity contribution in [3.8, 4) is 0 Å². The number of rotatable bonds is 5. The van der Waals surface area contributed by atoms with Crippen LogP contribution >= 0.6 is 0 Å². The summed E-state index contributed by atoms with van der Waals surface area (Å²) in [6.07, 6.45) is 0. The first-order valence-electron chi connectivity index (χ1n) is 8.33. The van der Waals surface area contributed by atoms with Crippen molar-refractivity contribution >= 4 is 22.7 Å². The van der Waals surface area contributed by atoms with Gasteiger partial charge in [0, 0.05) is 18.5 Å². The average Bonchev–Trinajstić information content (AvgIpc) is 2.90. The summed E-state index contributed by atoms with van der Waals surface area (Å²) in [5, 5.41) is 10.9. The molecule has 0 spiro atoms. The zero-order valence-electron chi connectivity index (χ0n) is 15.0. The summed E-state index contributed by atoms with van der Waals surface area (Å²) in [7, 11) is 0. The minimum atomic E-state index is -0.629. The molecule has 1 aromatic heterocycles. The highest BCUT2D eigenvalue weighted by Crippen LogP contribution is 2.22. The Bertz CT molecular complexity index is 743. The monoisotopic (exact) mass is 330 g/mol. The van der Waals surface area contributed by atoms with Gasteiger partial charge in [-0.1, -0.05) is 39.0 Å². The first-order chi connectivity index (χ1) is 11.3. The fraction of sp³-hybridized carbons (Fsp3) is 0.500. The van der Waals surface area contributed by atoms with Crippen LogP contribution in [0.4, 0.5) is 0 Å². The lowest BCUT2D eigenvalue weighted by atomic mass is 9.86. The molecule has 2 rings (SSSR count). The fourth-order valence-electron chi connectivity index (χ4n) is 2.69. The molecule has 24 heavy (non-hydrogen) atoms. The van der Waals surface area contributed by atoms with E-state index in [4.69, 9.17) is 0 Å². The number of nitrogens with zero attached hydrogens (tertiary/aromatic N) is 2. The molecular formula is C18H26N4O2. The molecule has 2 amide bonds. The van der Waals surface area contributed by atoms with Gasteiger partial charge in [-0.3, -0.25) is 14.3 Å². The maximum Gasteiger partial charge on any atom is 0.273 e. The Hall–Kier alpha value is -2.37. The summed E-state index contributed by atoms with van der Waals surface area (Å²) < 4.78 is 1.79. The molecular weight excluding hydrogens is 304 g/mol. The molecule has 0 radical (unpaired) electrons. The van der Waals surface area contributed by atoms with E-state index in [9.17, 15) is 9.59 Å². The Balaban J connectivity index is 2.36. The molecule has 1 heterocycles. The Morgan fingerprint density at radius 2 is 1.88 bits per heavy atom. The van der Waals surface area contributed by atoms with Crippen molar-refractivity contribution < 1.29 is 9.59 Å². The topological polar surface area (TPSA) is 76.0 Å². The third-order valence-corrected chi connectivity index (χ3v) is 3.93. The average molecular weight is 330 g/mol. The molecule has 6 heteroatoms. The van der Waals surface area contributed by atoms with Gasteiger partial charge in [0.1, 0.15) is 6.04 Å². The highest BCUT2D eigenvalue weighted by Gasteiger charge is 2.33. The predicted molar refractivity (Wildman–Crippen MR) is 94.8 cm³/mol. The van der Waals surface area contributed by atoms with Gasteiger partial charge in [-0.25, -0.2) is 0 Å². The Kier molecular flexibility index (Phi) is 5.26. The minimum Gasteiger partial charge on any atom is -0.355 e. The van der Waals surface area contributed by atoms with Gasteiger partial charge in [0.2, 0.25) is 5.91 Å². The van der Waals surface area contributed by atoms with Crippen LogP contribution in [0, 0.1) is 5.41 Å². The third-order valence-electron chi connectivity index (χ3n) is 3.93. The second-order valence-electron chi connectivity index (χ2n) is 6.85. The van der Waals surface area contributed by atoms with Crippen molar-refractivity contribution in [2.24, 2.45) is 5.41 Å². The number of carbonyl (C=O) groups excluding carboxylic acids is 2. The molecule has 0 saturated heterocycles. The lowest BCUT2D eigenvalue weighted by Crippen LogP contribution is -2.53. The van der Waals surface area contributed by atoms with E-state index in [-0.39, 0.29) is 11.8 Å². The van der Waals surface area contributed by atoms with Gasteiger partial charge in [0.05, 0.1) is 5.52 Å². The number of aromatic nitrogens is 2. The van der Waals surface area contributed by atoms with Gasteiger partial charge < -0.3 is 10.6 Å². The molecule has 2 N–H and O–H groups in total. The Labute approximate surface area is 142 Å². The standard InChI is InChI=1S/C18H26N4O2/c1-6-19-17(24)15(18(3,4)5)20-16(23)14-12-10-8-9-11-13(12)22(7-2)21-14/h8-11,15H,6-7H2,1-5H3,(H,19,24)(H,20,23). The number of hydrogen-bond acceptors (Lipinski definition) is 3. The number of hydrogen-bond donors (Lipinski definition) is 2. The van der Waals surface area contributed by atoms with E-state index in [2.05, 4.69) is 15.7 Å². The number of para-hydroxylation sites is 1. The minimum absolute atomic E-state index is 0.183. The molecule has 1 atom stereocenters. The van der Waals surface area contributed by atoms with E-state index in [0.29, 0.717) is 18.8 Å². The molecule has 1 unspecified atom stereocenters. The van der Waals surface area contributed by atoms with Gasteiger partial charge >= 0.3 is 0 Å². The first-order valence-corrected chi connectivity index (χ1v) is 8.33. The largest absolute Gasteiger partial charge is 0.355 e. The summed E-state index contributed by atoms with van der Waals surface area (Å²) in [6.45, 7) is 10.8.